The van der Waals surface area contributed by atoms with E-state index in [1.807, 2.05) is 17.2 Å². The van der Waals surface area contributed by atoms with Crippen LogP contribution in [0.5, 0.6) is 0 Å². The molecule has 3 aromatic rings. The number of rotatable bonds is 2. The Balaban J connectivity index is 1.60. The molecule has 2 heterocycles. The van der Waals surface area contributed by atoms with Gasteiger partial charge in [-0.05, 0) is 29.3 Å². The van der Waals surface area contributed by atoms with E-state index in [4.69, 9.17) is 4.98 Å². The third-order valence-electron chi connectivity index (χ3n) is 4.91. The number of hydrogen-bond acceptors (Lipinski definition) is 4. The Hall–Kier alpha value is -2.95. The van der Waals surface area contributed by atoms with Crippen molar-refractivity contribution >= 4 is 22.6 Å². The maximum atomic E-state index is 11.6. The van der Waals surface area contributed by atoms with Gasteiger partial charge in [-0.3, -0.25) is 4.79 Å². The predicted molar refractivity (Wildman–Crippen MR) is 104 cm³/mol. The van der Waals surface area contributed by atoms with Crippen LogP contribution < -0.4 is 4.90 Å². The lowest BCUT2D eigenvalue weighted by atomic mass is 10.1. The summed E-state index contributed by atoms with van der Waals surface area (Å²) in [6.45, 7) is 4.79. The fourth-order valence-electron chi connectivity index (χ4n) is 3.44. The maximum Gasteiger partial charge on any atom is 0.225 e. The molecule has 4 rings (SSSR count). The van der Waals surface area contributed by atoms with E-state index in [0.717, 1.165) is 49.8 Å². The van der Waals surface area contributed by atoms with Gasteiger partial charge in [0, 0.05) is 44.9 Å². The summed E-state index contributed by atoms with van der Waals surface area (Å²) in [5.74, 6) is 0.874. The van der Waals surface area contributed by atoms with Crippen molar-refractivity contribution in [2.45, 2.75) is 13.3 Å². The summed E-state index contributed by atoms with van der Waals surface area (Å²) in [5.41, 5.74) is 2.01. The van der Waals surface area contributed by atoms with Gasteiger partial charge in [0.05, 0.1) is 5.69 Å². The zero-order chi connectivity index (χ0) is 17.9. The lowest BCUT2D eigenvalue weighted by molar-refractivity contribution is -0.128. The van der Waals surface area contributed by atoms with Crippen molar-refractivity contribution < 1.29 is 4.79 Å². The highest BCUT2D eigenvalue weighted by Crippen LogP contribution is 2.24. The number of fused-ring (bicyclic) bond motifs is 1. The van der Waals surface area contributed by atoms with Gasteiger partial charge in [0.15, 0.2) is 0 Å². The van der Waals surface area contributed by atoms with Crippen LogP contribution in [0.1, 0.15) is 13.3 Å². The molecule has 0 unspecified atom stereocenters. The molecule has 0 aliphatic carbocycles. The summed E-state index contributed by atoms with van der Waals surface area (Å²) in [4.78, 5) is 25.0. The standard InChI is InChI=1S/C21H22N4O/c1-16(26)24-11-4-12-25(14-13-24)21-22-10-9-20(23-21)19-8-7-17-5-2-3-6-18(17)15-19/h2-3,5-10,15H,4,11-14H2,1H3. The fourth-order valence-corrected chi connectivity index (χ4v) is 3.44. The molecule has 2 aromatic carbocycles. The molecule has 0 N–H and O–H groups in total. The number of amides is 1. The molecule has 0 atom stereocenters. The van der Waals surface area contributed by atoms with Gasteiger partial charge in [0.25, 0.3) is 0 Å². The summed E-state index contributed by atoms with van der Waals surface area (Å²) in [6, 6.07) is 16.7. The van der Waals surface area contributed by atoms with Crippen LogP contribution in [0.25, 0.3) is 22.0 Å². The highest BCUT2D eigenvalue weighted by Gasteiger charge is 2.18. The van der Waals surface area contributed by atoms with E-state index in [9.17, 15) is 4.79 Å². The van der Waals surface area contributed by atoms with Crippen LogP contribution in [-0.4, -0.2) is 47.0 Å². The second kappa shape index (κ2) is 7.12. The molecule has 1 amide bonds. The van der Waals surface area contributed by atoms with Crippen LogP contribution in [0.3, 0.4) is 0 Å². The van der Waals surface area contributed by atoms with Gasteiger partial charge in [-0.1, -0.05) is 36.4 Å². The van der Waals surface area contributed by atoms with Crippen molar-refractivity contribution in [3.63, 3.8) is 0 Å². The zero-order valence-electron chi connectivity index (χ0n) is 14.9. The van der Waals surface area contributed by atoms with Crippen molar-refractivity contribution in [1.29, 1.82) is 0 Å². The van der Waals surface area contributed by atoms with Gasteiger partial charge in [0.2, 0.25) is 11.9 Å². The average Bonchev–Trinajstić information content (AvgIpc) is 2.94. The van der Waals surface area contributed by atoms with Gasteiger partial charge in [-0.25, -0.2) is 9.97 Å². The normalized spacial score (nSPS) is 15.1. The largest absolute Gasteiger partial charge is 0.341 e. The number of carbonyl (C=O) groups is 1. The Morgan fingerprint density at radius 2 is 1.81 bits per heavy atom. The van der Waals surface area contributed by atoms with Crippen LogP contribution in [0.15, 0.2) is 54.7 Å². The van der Waals surface area contributed by atoms with Gasteiger partial charge >= 0.3 is 0 Å². The van der Waals surface area contributed by atoms with E-state index in [2.05, 4.69) is 52.3 Å². The average molecular weight is 346 g/mol. The van der Waals surface area contributed by atoms with E-state index < -0.39 is 0 Å². The van der Waals surface area contributed by atoms with Crippen molar-refractivity contribution in [2.75, 3.05) is 31.1 Å². The summed E-state index contributed by atoms with van der Waals surface area (Å²) in [7, 11) is 0. The molecule has 1 aliphatic rings. The molecule has 0 radical (unpaired) electrons. The number of hydrogen-bond donors (Lipinski definition) is 0. The molecule has 5 heteroatoms. The smallest absolute Gasteiger partial charge is 0.225 e. The molecule has 0 spiro atoms. The minimum Gasteiger partial charge on any atom is -0.341 e. The highest BCUT2D eigenvalue weighted by atomic mass is 16.2. The summed E-state index contributed by atoms with van der Waals surface area (Å²) in [6.07, 6.45) is 2.75. The van der Waals surface area contributed by atoms with Crippen LogP contribution in [0.4, 0.5) is 5.95 Å². The molecule has 1 fully saturated rings. The first-order chi connectivity index (χ1) is 12.7. The van der Waals surface area contributed by atoms with E-state index in [1.54, 1.807) is 6.92 Å². The SMILES string of the molecule is CC(=O)N1CCCN(c2nccc(-c3ccc4ccccc4c3)n2)CC1. The molecule has 0 bridgehead atoms. The second-order valence-corrected chi connectivity index (χ2v) is 6.65. The topological polar surface area (TPSA) is 49.3 Å². The molecular weight excluding hydrogens is 324 g/mol. The number of anilines is 1. The van der Waals surface area contributed by atoms with Crippen molar-refractivity contribution in [2.24, 2.45) is 0 Å². The Morgan fingerprint density at radius 3 is 2.65 bits per heavy atom. The van der Waals surface area contributed by atoms with Crippen molar-refractivity contribution in [3.8, 4) is 11.3 Å². The zero-order valence-corrected chi connectivity index (χ0v) is 14.9. The van der Waals surface area contributed by atoms with Crippen LogP contribution >= 0.6 is 0 Å². The van der Waals surface area contributed by atoms with Crippen molar-refractivity contribution in [3.05, 3.63) is 54.7 Å². The molecule has 26 heavy (non-hydrogen) atoms. The lowest BCUT2D eigenvalue weighted by Gasteiger charge is -2.21. The molecular formula is C21H22N4O. The van der Waals surface area contributed by atoms with Crippen LogP contribution in [0.2, 0.25) is 0 Å². The van der Waals surface area contributed by atoms with Gasteiger partial charge in [-0.15, -0.1) is 0 Å². The molecule has 132 valence electrons. The minimum absolute atomic E-state index is 0.137. The lowest BCUT2D eigenvalue weighted by Crippen LogP contribution is -2.34. The third-order valence-corrected chi connectivity index (χ3v) is 4.91. The van der Waals surface area contributed by atoms with Crippen LogP contribution in [0, 0.1) is 0 Å². The summed E-state index contributed by atoms with van der Waals surface area (Å²) < 4.78 is 0. The molecule has 5 nitrogen and oxygen atoms in total. The first-order valence-corrected chi connectivity index (χ1v) is 9.03. The monoisotopic (exact) mass is 346 g/mol. The first kappa shape index (κ1) is 16.5. The highest BCUT2D eigenvalue weighted by molar-refractivity contribution is 5.86. The van der Waals surface area contributed by atoms with Gasteiger partial charge in [-0.2, -0.15) is 0 Å². The maximum absolute atomic E-state index is 11.6. The Morgan fingerprint density at radius 1 is 0.962 bits per heavy atom. The predicted octanol–water partition coefficient (Wildman–Crippen LogP) is 3.36. The van der Waals surface area contributed by atoms with Crippen molar-refractivity contribution in [1.82, 2.24) is 14.9 Å². The van der Waals surface area contributed by atoms with E-state index in [0.29, 0.717) is 0 Å². The molecule has 1 aliphatic heterocycles. The first-order valence-electron chi connectivity index (χ1n) is 9.03. The Bertz CT molecular complexity index is 940. The number of benzene rings is 2. The second-order valence-electron chi connectivity index (χ2n) is 6.65. The van der Waals surface area contributed by atoms with Crippen LogP contribution in [-0.2, 0) is 4.79 Å². The summed E-state index contributed by atoms with van der Waals surface area (Å²) in [5, 5.41) is 2.43. The van der Waals surface area contributed by atoms with Gasteiger partial charge in [0.1, 0.15) is 0 Å². The van der Waals surface area contributed by atoms with E-state index in [-0.39, 0.29) is 5.91 Å². The minimum atomic E-state index is 0.137. The van der Waals surface area contributed by atoms with E-state index in [1.165, 1.54) is 10.8 Å². The quantitative estimate of drug-likeness (QED) is 0.714. The Kier molecular flexibility index (Phi) is 4.52. The molecule has 1 saturated heterocycles. The molecule has 0 saturated carbocycles. The van der Waals surface area contributed by atoms with E-state index >= 15 is 0 Å². The number of aromatic nitrogens is 2. The Labute approximate surface area is 153 Å². The molecule has 1 aromatic heterocycles. The van der Waals surface area contributed by atoms with Gasteiger partial charge < -0.3 is 9.80 Å². The fraction of sp³-hybridized carbons (Fsp3) is 0.286. The number of carbonyl (C=O) groups excluding carboxylic acids is 1. The number of nitrogens with zero attached hydrogens (tertiary/aromatic N) is 4. The summed E-state index contributed by atoms with van der Waals surface area (Å²) >= 11 is 0. The third kappa shape index (κ3) is 3.38.